The Morgan fingerprint density at radius 2 is 1.32 bits per heavy atom. The molecule has 0 fully saturated rings. The molecule has 2 aromatic rings. The van der Waals surface area contributed by atoms with Crippen molar-refractivity contribution in [2.75, 3.05) is 18.1 Å². The maximum Gasteiger partial charge on any atom is 0.115 e. The molecule has 0 aliphatic carbocycles. The van der Waals surface area contributed by atoms with Crippen molar-refractivity contribution in [3.05, 3.63) is 54.6 Å². The predicted octanol–water partition coefficient (Wildman–Crippen LogP) is 1.88. The number of para-hydroxylation sites is 1. The summed E-state index contributed by atoms with van der Waals surface area (Å²) >= 11 is 0. The van der Waals surface area contributed by atoms with Crippen molar-refractivity contribution >= 4 is 11.4 Å². The van der Waals surface area contributed by atoms with E-state index in [4.69, 9.17) is 0 Å². The van der Waals surface area contributed by atoms with E-state index in [9.17, 15) is 15.3 Å². The topological polar surface area (TPSA) is 63.9 Å². The molecule has 2 rings (SSSR count). The highest BCUT2D eigenvalue weighted by molar-refractivity contribution is 5.64. The zero-order valence-corrected chi connectivity index (χ0v) is 10.5. The fourth-order valence-corrected chi connectivity index (χ4v) is 1.99. The summed E-state index contributed by atoms with van der Waals surface area (Å²) in [4.78, 5) is 1.85. The van der Waals surface area contributed by atoms with E-state index >= 15 is 0 Å². The molecule has 0 unspecified atom stereocenters. The van der Waals surface area contributed by atoms with Gasteiger partial charge >= 0.3 is 0 Å². The van der Waals surface area contributed by atoms with E-state index in [-0.39, 0.29) is 19.0 Å². The Bertz CT molecular complexity index is 495. The Morgan fingerprint density at radius 3 is 1.84 bits per heavy atom. The molecule has 0 aromatic heterocycles. The number of aliphatic hydroxyl groups excluding tert-OH is 2. The number of anilines is 2. The van der Waals surface area contributed by atoms with Gasteiger partial charge in [-0.2, -0.15) is 0 Å². The number of nitrogens with zero attached hydrogens (tertiary/aromatic N) is 1. The van der Waals surface area contributed by atoms with Crippen molar-refractivity contribution in [3.8, 4) is 5.75 Å². The van der Waals surface area contributed by atoms with Gasteiger partial charge < -0.3 is 20.2 Å². The summed E-state index contributed by atoms with van der Waals surface area (Å²) in [7, 11) is 0. The smallest absolute Gasteiger partial charge is 0.115 e. The van der Waals surface area contributed by atoms with E-state index in [0.717, 1.165) is 11.4 Å². The van der Waals surface area contributed by atoms with Gasteiger partial charge in [-0.3, -0.25) is 0 Å². The molecule has 2 aromatic carbocycles. The van der Waals surface area contributed by atoms with Crippen molar-refractivity contribution in [1.82, 2.24) is 0 Å². The van der Waals surface area contributed by atoms with Crippen LogP contribution in [0.15, 0.2) is 54.6 Å². The van der Waals surface area contributed by atoms with Gasteiger partial charge in [0.05, 0.1) is 19.3 Å². The van der Waals surface area contributed by atoms with Gasteiger partial charge in [-0.05, 0) is 36.4 Å². The van der Waals surface area contributed by atoms with Crippen molar-refractivity contribution in [2.24, 2.45) is 0 Å². The summed E-state index contributed by atoms with van der Waals surface area (Å²) in [6.07, 6.45) is 0. The lowest BCUT2D eigenvalue weighted by Gasteiger charge is -2.31. The number of phenols is 1. The molecule has 0 spiro atoms. The van der Waals surface area contributed by atoms with E-state index in [1.54, 1.807) is 24.3 Å². The van der Waals surface area contributed by atoms with Crippen LogP contribution in [0, 0.1) is 0 Å². The average Bonchev–Trinajstić information content (AvgIpc) is 2.47. The second-order valence-electron chi connectivity index (χ2n) is 4.24. The summed E-state index contributed by atoms with van der Waals surface area (Å²) in [6.45, 7) is -0.321. The third-order valence-corrected chi connectivity index (χ3v) is 2.95. The van der Waals surface area contributed by atoms with Gasteiger partial charge in [0, 0.05) is 11.4 Å². The molecule has 0 amide bonds. The Kier molecular flexibility index (Phi) is 4.39. The second-order valence-corrected chi connectivity index (χ2v) is 4.24. The summed E-state index contributed by atoms with van der Waals surface area (Å²) in [5, 5.41) is 28.2. The Labute approximate surface area is 112 Å². The van der Waals surface area contributed by atoms with Crippen LogP contribution in [0.1, 0.15) is 0 Å². The molecular formula is C15H17NO3. The average molecular weight is 259 g/mol. The lowest BCUT2D eigenvalue weighted by molar-refractivity contribution is 0.193. The first-order valence-electron chi connectivity index (χ1n) is 6.11. The fourth-order valence-electron chi connectivity index (χ4n) is 1.99. The second kappa shape index (κ2) is 6.22. The first kappa shape index (κ1) is 13.4. The first-order valence-corrected chi connectivity index (χ1v) is 6.11. The first-order chi connectivity index (χ1) is 9.26. The van der Waals surface area contributed by atoms with Gasteiger partial charge in [-0.25, -0.2) is 0 Å². The van der Waals surface area contributed by atoms with Crippen LogP contribution in [-0.4, -0.2) is 34.6 Å². The minimum Gasteiger partial charge on any atom is -0.508 e. The van der Waals surface area contributed by atoms with E-state index in [1.165, 1.54) is 0 Å². The minimum atomic E-state index is -0.424. The molecule has 100 valence electrons. The van der Waals surface area contributed by atoms with Gasteiger partial charge in [0.1, 0.15) is 5.75 Å². The molecule has 0 aliphatic heterocycles. The number of rotatable bonds is 5. The highest BCUT2D eigenvalue weighted by Gasteiger charge is 2.19. The summed E-state index contributed by atoms with van der Waals surface area (Å²) in [5.74, 6) is 0.182. The summed E-state index contributed by atoms with van der Waals surface area (Å²) < 4.78 is 0. The van der Waals surface area contributed by atoms with Gasteiger partial charge in [0.15, 0.2) is 0 Å². The van der Waals surface area contributed by atoms with Crippen molar-refractivity contribution in [1.29, 1.82) is 0 Å². The van der Waals surface area contributed by atoms with Crippen LogP contribution < -0.4 is 4.90 Å². The summed E-state index contributed by atoms with van der Waals surface area (Å²) in [6, 6.07) is 15.8. The third-order valence-electron chi connectivity index (χ3n) is 2.95. The number of hydrogen-bond acceptors (Lipinski definition) is 4. The number of phenolic OH excluding ortho intramolecular Hbond substituents is 1. The van der Waals surface area contributed by atoms with Crippen LogP contribution in [0.25, 0.3) is 0 Å². The molecular weight excluding hydrogens is 242 g/mol. The number of aliphatic hydroxyl groups is 2. The predicted molar refractivity (Wildman–Crippen MR) is 74.6 cm³/mol. The van der Waals surface area contributed by atoms with Crippen LogP contribution in [0.2, 0.25) is 0 Å². The van der Waals surface area contributed by atoms with Gasteiger partial charge in [0.2, 0.25) is 0 Å². The van der Waals surface area contributed by atoms with Crippen molar-refractivity contribution in [3.63, 3.8) is 0 Å². The minimum absolute atomic E-state index is 0.160. The molecule has 0 saturated heterocycles. The maximum atomic E-state index is 9.42. The van der Waals surface area contributed by atoms with Crippen LogP contribution in [0.3, 0.4) is 0 Å². The molecule has 0 heterocycles. The molecule has 0 atom stereocenters. The van der Waals surface area contributed by atoms with Gasteiger partial charge in [-0.15, -0.1) is 0 Å². The standard InChI is InChI=1S/C15H17NO3/c17-10-14(11-18)16(12-4-2-1-3-5-12)13-6-8-15(19)9-7-13/h1-9,14,17-19H,10-11H2. The Hall–Kier alpha value is -2.04. The number of aromatic hydroxyl groups is 1. The van der Waals surface area contributed by atoms with E-state index in [2.05, 4.69) is 0 Å². The molecule has 3 N–H and O–H groups in total. The highest BCUT2D eigenvalue weighted by atomic mass is 16.3. The molecule has 0 saturated carbocycles. The van der Waals surface area contributed by atoms with E-state index in [0.29, 0.717) is 0 Å². The monoisotopic (exact) mass is 259 g/mol. The van der Waals surface area contributed by atoms with Gasteiger partial charge in [0.25, 0.3) is 0 Å². The fraction of sp³-hybridized carbons (Fsp3) is 0.200. The van der Waals surface area contributed by atoms with Crippen molar-refractivity contribution in [2.45, 2.75) is 6.04 Å². The summed E-state index contributed by atoms with van der Waals surface area (Å²) in [5.41, 5.74) is 1.68. The normalized spacial score (nSPS) is 10.7. The van der Waals surface area contributed by atoms with Crippen LogP contribution in [0.5, 0.6) is 5.75 Å². The zero-order chi connectivity index (χ0) is 13.7. The number of benzene rings is 2. The molecule has 0 bridgehead atoms. The van der Waals surface area contributed by atoms with Crippen molar-refractivity contribution < 1.29 is 15.3 Å². The lowest BCUT2D eigenvalue weighted by atomic mass is 10.1. The molecule has 4 heteroatoms. The Balaban J connectivity index is 2.42. The molecule has 19 heavy (non-hydrogen) atoms. The van der Waals surface area contributed by atoms with Crippen LogP contribution >= 0.6 is 0 Å². The lowest BCUT2D eigenvalue weighted by Crippen LogP contribution is -2.37. The van der Waals surface area contributed by atoms with Gasteiger partial charge in [-0.1, -0.05) is 18.2 Å². The van der Waals surface area contributed by atoms with E-state index in [1.807, 2.05) is 35.2 Å². The van der Waals surface area contributed by atoms with Crippen LogP contribution in [-0.2, 0) is 0 Å². The molecule has 0 radical (unpaired) electrons. The largest absolute Gasteiger partial charge is 0.508 e. The SMILES string of the molecule is OCC(CO)N(c1ccccc1)c1ccc(O)cc1. The maximum absolute atomic E-state index is 9.42. The third kappa shape index (κ3) is 3.05. The zero-order valence-electron chi connectivity index (χ0n) is 10.5. The quantitative estimate of drug-likeness (QED) is 0.767. The number of hydrogen-bond donors (Lipinski definition) is 3. The van der Waals surface area contributed by atoms with Crippen LogP contribution in [0.4, 0.5) is 11.4 Å². The molecule has 0 aliphatic rings. The van der Waals surface area contributed by atoms with E-state index < -0.39 is 6.04 Å². The highest BCUT2D eigenvalue weighted by Crippen LogP contribution is 2.28. The molecule has 4 nitrogen and oxygen atoms in total. The Morgan fingerprint density at radius 1 is 0.789 bits per heavy atom.